The van der Waals surface area contributed by atoms with Crippen LogP contribution in [0.1, 0.15) is 12.8 Å². The smallest absolute Gasteiger partial charge is 0.324 e. The van der Waals surface area contributed by atoms with Crippen molar-refractivity contribution in [1.82, 2.24) is 4.31 Å². The molecule has 1 atom stereocenters. The van der Waals surface area contributed by atoms with Crippen LogP contribution < -0.4 is 0 Å². The number of nitrogens with zero attached hydrogens (tertiary/aromatic N) is 1. The van der Waals surface area contributed by atoms with Gasteiger partial charge in [0.05, 0.1) is 12.0 Å². The lowest BCUT2D eigenvalue weighted by Crippen LogP contribution is -2.40. The molecule has 1 aromatic rings. The highest BCUT2D eigenvalue weighted by Crippen LogP contribution is 2.27. The molecule has 1 aromatic carbocycles. The predicted molar refractivity (Wildman–Crippen MR) is 77.2 cm³/mol. The molecule has 0 aromatic heterocycles. The molecule has 0 saturated carbocycles. The van der Waals surface area contributed by atoms with Crippen molar-refractivity contribution in [3.8, 4) is 0 Å². The van der Waals surface area contributed by atoms with E-state index in [1.165, 1.54) is 11.4 Å². The number of sulfonamides is 1. The monoisotopic (exact) mass is 315 g/mol. The van der Waals surface area contributed by atoms with Gasteiger partial charge in [-0.05, 0) is 43.4 Å². The van der Waals surface area contributed by atoms with Crippen molar-refractivity contribution in [2.24, 2.45) is 0 Å². The number of methoxy groups -OCH3 is 1. The average molecular weight is 315 g/mol. The fourth-order valence-corrected chi connectivity index (χ4v) is 4.34. The van der Waals surface area contributed by atoms with Crippen molar-refractivity contribution in [1.29, 1.82) is 0 Å². The fourth-order valence-electron chi connectivity index (χ4n) is 2.28. The first-order valence-electron chi connectivity index (χ1n) is 6.24. The quantitative estimate of drug-likeness (QED) is 0.625. The van der Waals surface area contributed by atoms with E-state index in [4.69, 9.17) is 0 Å². The molecule has 0 radical (unpaired) electrons. The van der Waals surface area contributed by atoms with Crippen LogP contribution in [0, 0.1) is 0 Å². The first kappa shape index (κ1) is 15.3. The van der Waals surface area contributed by atoms with Gasteiger partial charge in [-0.25, -0.2) is 8.42 Å². The number of benzene rings is 1. The van der Waals surface area contributed by atoms with Crippen LogP contribution in [0.2, 0.25) is 0 Å². The number of carbonyl (C=O) groups is 1. The molecule has 0 aliphatic carbocycles. The molecule has 20 heavy (non-hydrogen) atoms. The molecule has 1 aliphatic rings. The first-order chi connectivity index (χ1) is 9.50. The lowest BCUT2D eigenvalue weighted by Gasteiger charge is -2.22. The summed E-state index contributed by atoms with van der Waals surface area (Å²) >= 11 is 1.55. The second-order valence-electron chi connectivity index (χ2n) is 4.47. The van der Waals surface area contributed by atoms with Gasteiger partial charge < -0.3 is 4.74 Å². The van der Waals surface area contributed by atoms with Crippen molar-refractivity contribution >= 4 is 27.8 Å². The van der Waals surface area contributed by atoms with Crippen molar-refractivity contribution in [3.05, 3.63) is 24.3 Å². The highest BCUT2D eigenvalue weighted by atomic mass is 32.2. The normalized spacial score (nSPS) is 20.0. The van der Waals surface area contributed by atoms with Gasteiger partial charge in [-0.2, -0.15) is 4.31 Å². The standard InChI is InChI=1S/C13H17NO4S2/c1-18-13(15)12-4-3-9-14(12)20(16,17)11-7-5-10(19-2)6-8-11/h5-8,12H,3-4,9H2,1-2H3. The fraction of sp³-hybridized carbons (Fsp3) is 0.462. The SMILES string of the molecule is COC(=O)C1CCCN1S(=O)(=O)c1ccc(SC)cc1. The van der Waals surface area contributed by atoms with Gasteiger partial charge in [-0.15, -0.1) is 11.8 Å². The summed E-state index contributed by atoms with van der Waals surface area (Å²) in [6.07, 6.45) is 3.11. The maximum atomic E-state index is 12.6. The predicted octanol–water partition coefficient (Wildman–Crippen LogP) is 1.73. The van der Waals surface area contributed by atoms with Crippen molar-refractivity contribution in [2.75, 3.05) is 19.9 Å². The van der Waals surface area contributed by atoms with Crippen LogP contribution in [-0.2, 0) is 19.6 Å². The third-order valence-corrected chi connectivity index (χ3v) is 6.01. The minimum Gasteiger partial charge on any atom is -0.468 e. The van der Waals surface area contributed by atoms with Crippen LogP contribution in [-0.4, -0.2) is 44.6 Å². The molecule has 110 valence electrons. The van der Waals surface area contributed by atoms with E-state index in [0.717, 1.165) is 4.90 Å². The Kier molecular flexibility index (Phi) is 4.72. The molecular formula is C13H17NO4S2. The summed E-state index contributed by atoms with van der Waals surface area (Å²) in [4.78, 5) is 12.9. The second kappa shape index (κ2) is 6.15. The van der Waals surface area contributed by atoms with E-state index < -0.39 is 22.0 Å². The molecule has 0 spiro atoms. The number of hydrogen-bond donors (Lipinski definition) is 0. The molecule has 0 bridgehead atoms. The van der Waals surface area contributed by atoms with Crippen LogP contribution in [0.5, 0.6) is 0 Å². The summed E-state index contributed by atoms with van der Waals surface area (Å²) in [5, 5.41) is 0. The summed E-state index contributed by atoms with van der Waals surface area (Å²) in [7, 11) is -2.37. The maximum Gasteiger partial charge on any atom is 0.324 e. The maximum absolute atomic E-state index is 12.6. The third-order valence-electron chi connectivity index (χ3n) is 3.34. The van der Waals surface area contributed by atoms with Crippen LogP contribution in [0.3, 0.4) is 0 Å². The first-order valence-corrected chi connectivity index (χ1v) is 8.91. The summed E-state index contributed by atoms with van der Waals surface area (Å²) in [5.74, 6) is -0.494. The minimum atomic E-state index is -3.64. The molecule has 1 unspecified atom stereocenters. The summed E-state index contributed by atoms with van der Waals surface area (Å²) < 4.78 is 31.1. The molecule has 7 heteroatoms. The number of carbonyl (C=O) groups excluding carboxylic acids is 1. The molecular weight excluding hydrogens is 298 g/mol. The van der Waals surface area contributed by atoms with Crippen molar-refractivity contribution in [2.45, 2.75) is 28.7 Å². The highest BCUT2D eigenvalue weighted by Gasteiger charge is 2.39. The van der Waals surface area contributed by atoms with Gasteiger partial charge in [0.2, 0.25) is 10.0 Å². The topological polar surface area (TPSA) is 63.7 Å². The van der Waals surface area contributed by atoms with E-state index in [1.54, 1.807) is 36.0 Å². The Morgan fingerprint density at radius 2 is 2.00 bits per heavy atom. The Morgan fingerprint density at radius 3 is 2.55 bits per heavy atom. The Balaban J connectivity index is 2.31. The van der Waals surface area contributed by atoms with Crippen LogP contribution in [0.25, 0.3) is 0 Å². The Morgan fingerprint density at radius 1 is 1.35 bits per heavy atom. The zero-order valence-electron chi connectivity index (χ0n) is 11.4. The van der Waals surface area contributed by atoms with E-state index in [2.05, 4.69) is 4.74 Å². The molecule has 5 nitrogen and oxygen atoms in total. The molecule has 1 fully saturated rings. The van der Waals surface area contributed by atoms with Gasteiger partial charge in [0.1, 0.15) is 6.04 Å². The molecule has 1 aliphatic heterocycles. The number of hydrogen-bond acceptors (Lipinski definition) is 5. The van der Waals surface area contributed by atoms with Gasteiger partial charge in [-0.1, -0.05) is 0 Å². The summed E-state index contributed by atoms with van der Waals surface area (Å²) in [6, 6.07) is 5.98. The summed E-state index contributed by atoms with van der Waals surface area (Å²) in [6.45, 7) is 0.354. The van der Waals surface area contributed by atoms with E-state index in [-0.39, 0.29) is 4.90 Å². The van der Waals surface area contributed by atoms with Gasteiger partial charge in [0.25, 0.3) is 0 Å². The van der Waals surface area contributed by atoms with Crippen LogP contribution in [0.4, 0.5) is 0 Å². The van der Waals surface area contributed by atoms with Gasteiger partial charge in [0.15, 0.2) is 0 Å². The lowest BCUT2D eigenvalue weighted by atomic mass is 10.2. The minimum absolute atomic E-state index is 0.214. The second-order valence-corrected chi connectivity index (χ2v) is 7.24. The molecule has 0 N–H and O–H groups in total. The van der Waals surface area contributed by atoms with E-state index in [0.29, 0.717) is 19.4 Å². The van der Waals surface area contributed by atoms with Crippen molar-refractivity contribution < 1.29 is 17.9 Å². The lowest BCUT2D eigenvalue weighted by molar-refractivity contribution is -0.144. The molecule has 0 amide bonds. The molecule has 2 rings (SSSR count). The van der Waals surface area contributed by atoms with E-state index in [1.807, 2.05) is 6.26 Å². The number of ether oxygens (including phenoxy) is 1. The average Bonchev–Trinajstić information content (AvgIpc) is 2.96. The Hall–Kier alpha value is -1.05. The van der Waals surface area contributed by atoms with Gasteiger partial charge in [-0.3, -0.25) is 4.79 Å². The highest BCUT2D eigenvalue weighted by molar-refractivity contribution is 7.98. The Labute approximate surface area is 123 Å². The molecule has 1 saturated heterocycles. The van der Waals surface area contributed by atoms with E-state index >= 15 is 0 Å². The summed E-state index contributed by atoms with van der Waals surface area (Å²) in [5.41, 5.74) is 0. The number of rotatable bonds is 4. The zero-order valence-corrected chi connectivity index (χ0v) is 13.0. The number of thioether (sulfide) groups is 1. The van der Waals surface area contributed by atoms with Crippen LogP contribution >= 0.6 is 11.8 Å². The van der Waals surface area contributed by atoms with Crippen molar-refractivity contribution in [3.63, 3.8) is 0 Å². The zero-order chi connectivity index (χ0) is 14.8. The number of esters is 1. The Bertz CT molecular complexity index is 583. The molecule has 1 heterocycles. The van der Waals surface area contributed by atoms with E-state index in [9.17, 15) is 13.2 Å². The largest absolute Gasteiger partial charge is 0.468 e. The van der Waals surface area contributed by atoms with Gasteiger partial charge in [0, 0.05) is 11.4 Å². The third kappa shape index (κ3) is 2.84. The van der Waals surface area contributed by atoms with Crippen LogP contribution in [0.15, 0.2) is 34.1 Å². The van der Waals surface area contributed by atoms with Gasteiger partial charge >= 0.3 is 5.97 Å².